The van der Waals surface area contributed by atoms with Gasteiger partial charge in [-0.2, -0.15) is 0 Å². The summed E-state index contributed by atoms with van der Waals surface area (Å²) in [4.78, 5) is 15.8. The number of hydrogen-bond acceptors (Lipinski definition) is 4. The number of benzene rings is 1. The first-order valence-electron chi connectivity index (χ1n) is 5.98. The summed E-state index contributed by atoms with van der Waals surface area (Å²) in [5, 5.41) is 9.93. The highest BCUT2D eigenvalue weighted by Crippen LogP contribution is 2.22. The molecule has 1 aromatic carbocycles. The highest BCUT2D eigenvalue weighted by Gasteiger charge is 2.15. The number of aromatic carboxylic acids is 1. The number of aromatic nitrogens is 1. The van der Waals surface area contributed by atoms with E-state index in [1.165, 1.54) is 11.3 Å². The van der Waals surface area contributed by atoms with Crippen LogP contribution in [0.25, 0.3) is 0 Å². The second-order valence-electron chi connectivity index (χ2n) is 4.07. The van der Waals surface area contributed by atoms with Crippen molar-refractivity contribution in [3.05, 3.63) is 45.4 Å². The summed E-state index contributed by atoms with van der Waals surface area (Å²) in [6.07, 6.45) is 1.29. The van der Waals surface area contributed by atoms with Gasteiger partial charge in [0.05, 0.1) is 17.8 Å². The average molecular weight is 277 g/mol. The van der Waals surface area contributed by atoms with Crippen molar-refractivity contribution in [2.24, 2.45) is 0 Å². The molecule has 5 heteroatoms. The Bertz CT molecular complexity index is 575. The van der Waals surface area contributed by atoms with Crippen LogP contribution in [0.15, 0.2) is 24.3 Å². The minimum atomic E-state index is -0.893. The second kappa shape index (κ2) is 5.84. The number of carboxylic acids is 1. The van der Waals surface area contributed by atoms with E-state index in [9.17, 15) is 4.79 Å². The first-order chi connectivity index (χ1) is 9.13. The van der Waals surface area contributed by atoms with Gasteiger partial charge in [0, 0.05) is 6.42 Å². The Morgan fingerprint density at radius 3 is 2.53 bits per heavy atom. The van der Waals surface area contributed by atoms with Crippen LogP contribution >= 0.6 is 11.3 Å². The Hall–Kier alpha value is -1.88. The smallest absolute Gasteiger partial charge is 0.347 e. The van der Waals surface area contributed by atoms with Crippen LogP contribution in [0.2, 0.25) is 0 Å². The molecule has 0 amide bonds. The summed E-state index contributed by atoms with van der Waals surface area (Å²) in [6.45, 7) is 1.92. The largest absolute Gasteiger partial charge is 0.497 e. The van der Waals surface area contributed by atoms with E-state index >= 15 is 0 Å². The summed E-state index contributed by atoms with van der Waals surface area (Å²) in [7, 11) is 1.63. The zero-order valence-corrected chi connectivity index (χ0v) is 11.7. The maximum atomic E-state index is 11.1. The van der Waals surface area contributed by atoms with E-state index in [0.29, 0.717) is 23.4 Å². The monoisotopic (exact) mass is 277 g/mol. The molecule has 0 aliphatic carbocycles. The van der Waals surface area contributed by atoms with Gasteiger partial charge in [0.15, 0.2) is 0 Å². The zero-order chi connectivity index (χ0) is 13.8. The predicted octanol–water partition coefficient (Wildman–Crippen LogP) is 3.00. The van der Waals surface area contributed by atoms with Crippen LogP contribution in [0.1, 0.15) is 32.9 Å². The summed E-state index contributed by atoms with van der Waals surface area (Å²) in [5.41, 5.74) is 1.76. The molecule has 2 rings (SSSR count). The van der Waals surface area contributed by atoms with Crippen molar-refractivity contribution >= 4 is 17.3 Å². The van der Waals surface area contributed by atoms with Gasteiger partial charge in [-0.3, -0.25) is 0 Å². The quantitative estimate of drug-likeness (QED) is 0.912. The molecule has 1 N–H and O–H groups in total. The lowest BCUT2D eigenvalue weighted by atomic mass is 10.1. The fraction of sp³-hybridized carbons (Fsp3) is 0.286. The summed E-state index contributed by atoms with van der Waals surface area (Å²) < 4.78 is 5.10. The molecular formula is C14H15NO3S. The number of aryl methyl sites for hydroxylation is 1. The van der Waals surface area contributed by atoms with Crippen LogP contribution in [0, 0.1) is 0 Å². The molecule has 0 bridgehead atoms. The van der Waals surface area contributed by atoms with Gasteiger partial charge in [-0.15, -0.1) is 11.3 Å². The maximum Gasteiger partial charge on any atom is 0.347 e. The average Bonchev–Trinajstić information content (AvgIpc) is 2.83. The normalized spacial score (nSPS) is 10.4. The topological polar surface area (TPSA) is 59.4 Å². The lowest BCUT2D eigenvalue weighted by Gasteiger charge is -2.01. The third-order valence-electron chi connectivity index (χ3n) is 2.79. The van der Waals surface area contributed by atoms with E-state index in [2.05, 4.69) is 4.98 Å². The van der Waals surface area contributed by atoms with Crippen molar-refractivity contribution in [2.75, 3.05) is 7.11 Å². The van der Waals surface area contributed by atoms with Crippen molar-refractivity contribution in [3.63, 3.8) is 0 Å². The molecule has 0 radical (unpaired) electrons. The molecule has 0 saturated carbocycles. The van der Waals surface area contributed by atoms with Crippen LogP contribution in [-0.4, -0.2) is 23.2 Å². The lowest BCUT2D eigenvalue weighted by Crippen LogP contribution is -1.97. The van der Waals surface area contributed by atoms with E-state index in [4.69, 9.17) is 9.84 Å². The van der Waals surface area contributed by atoms with Gasteiger partial charge in [0.1, 0.15) is 10.6 Å². The van der Waals surface area contributed by atoms with Crippen LogP contribution in [-0.2, 0) is 12.8 Å². The standard InChI is InChI=1S/C14H15NO3S/c1-3-11-13(14(16)17)19-12(15-11)8-9-4-6-10(18-2)7-5-9/h4-7H,3,8H2,1-2H3,(H,16,17). The Labute approximate surface area is 115 Å². The van der Waals surface area contributed by atoms with Gasteiger partial charge in [-0.1, -0.05) is 19.1 Å². The van der Waals surface area contributed by atoms with Gasteiger partial charge in [0.2, 0.25) is 0 Å². The van der Waals surface area contributed by atoms with E-state index in [1.807, 2.05) is 31.2 Å². The highest BCUT2D eigenvalue weighted by molar-refractivity contribution is 7.13. The molecule has 0 saturated heterocycles. The van der Waals surface area contributed by atoms with Crippen LogP contribution in [0.3, 0.4) is 0 Å². The van der Waals surface area contributed by atoms with Gasteiger partial charge in [-0.25, -0.2) is 9.78 Å². The number of carboxylic acid groups (broad SMARTS) is 1. The van der Waals surface area contributed by atoms with E-state index in [0.717, 1.165) is 16.3 Å². The van der Waals surface area contributed by atoms with E-state index in [-0.39, 0.29) is 0 Å². The first kappa shape index (κ1) is 13.5. The molecule has 0 unspecified atom stereocenters. The number of methoxy groups -OCH3 is 1. The molecule has 0 spiro atoms. The lowest BCUT2D eigenvalue weighted by molar-refractivity contribution is 0.0701. The molecular weight excluding hydrogens is 262 g/mol. The number of carbonyl (C=O) groups is 1. The Morgan fingerprint density at radius 2 is 2.05 bits per heavy atom. The van der Waals surface area contributed by atoms with Crippen molar-refractivity contribution in [2.45, 2.75) is 19.8 Å². The molecule has 0 fully saturated rings. The summed E-state index contributed by atoms with van der Waals surface area (Å²) in [5.74, 6) is -0.0845. The number of ether oxygens (including phenoxy) is 1. The van der Waals surface area contributed by atoms with E-state index in [1.54, 1.807) is 7.11 Å². The van der Waals surface area contributed by atoms with Crippen molar-refractivity contribution < 1.29 is 14.6 Å². The van der Waals surface area contributed by atoms with Gasteiger partial charge >= 0.3 is 5.97 Å². The summed E-state index contributed by atoms with van der Waals surface area (Å²) >= 11 is 1.26. The molecule has 1 aromatic heterocycles. The zero-order valence-electron chi connectivity index (χ0n) is 10.8. The van der Waals surface area contributed by atoms with Gasteiger partial charge in [0.25, 0.3) is 0 Å². The Morgan fingerprint density at radius 1 is 1.37 bits per heavy atom. The van der Waals surface area contributed by atoms with Gasteiger partial charge < -0.3 is 9.84 Å². The number of nitrogens with zero attached hydrogens (tertiary/aromatic N) is 1. The summed E-state index contributed by atoms with van der Waals surface area (Å²) in [6, 6.07) is 7.71. The van der Waals surface area contributed by atoms with E-state index < -0.39 is 5.97 Å². The predicted molar refractivity (Wildman–Crippen MR) is 74.3 cm³/mol. The Kier molecular flexibility index (Phi) is 4.16. The van der Waals surface area contributed by atoms with Crippen LogP contribution < -0.4 is 4.74 Å². The third-order valence-corrected chi connectivity index (χ3v) is 3.87. The molecule has 0 aliphatic rings. The molecule has 4 nitrogen and oxygen atoms in total. The third kappa shape index (κ3) is 3.12. The fourth-order valence-electron chi connectivity index (χ4n) is 1.80. The van der Waals surface area contributed by atoms with Crippen molar-refractivity contribution in [3.8, 4) is 5.75 Å². The maximum absolute atomic E-state index is 11.1. The number of hydrogen-bond donors (Lipinski definition) is 1. The van der Waals surface area contributed by atoms with Crippen LogP contribution in [0.5, 0.6) is 5.75 Å². The molecule has 2 aromatic rings. The molecule has 0 atom stereocenters. The second-order valence-corrected chi connectivity index (χ2v) is 5.15. The molecule has 0 aliphatic heterocycles. The van der Waals surface area contributed by atoms with Gasteiger partial charge in [-0.05, 0) is 24.1 Å². The SMILES string of the molecule is CCc1nc(Cc2ccc(OC)cc2)sc1C(=O)O. The molecule has 1 heterocycles. The number of rotatable bonds is 5. The van der Waals surface area contributed by atoms with Crippen LogP contribution in [0.4, 0.5) is 0 Å². The van der Waals surface area contributed by atoms with Crippen molar-refractivity contribution in [1.82, 2.24) is 4.98 Å². The minimum Gasteiger partial charge on any atom is -0.497 e. The first-order valence-corrected chi connectivity index (χ1v) is 6.80. The fourth-order valence-corrected chi connectivity index (χ4v) is 2.83. The number of thiazole rings is 1. The Balaban J connectivity index is 2.20. The minimum absolute atomic E-state index is 0.353. The highest BCUT2D eigenvalue weighted by atomic mass is 32.1. The molecule has 100 valence electrons. The molecule has 19 heavy (non-hydrogen) atoms. The van der Waals surface area contributed by atoms with Crippen molar-refractivity contribution in [1.29, 1.82) is 0 Å².